The van der Waals surface area contributed by atoms with Crippen molar-refractivity contribution >= 4 is 23.3 Å². The van der Waals surface area contributed by atoms with Crippen molar-refractivity contribution in [3.63, 3.8) is 0 Å². The number of rotatable bonds is 7. The van der Waals surface area contributed by atoms with Gasteiger partial charge in [0.15, 0.2) is 0 Å². The van der Waals surface area contributed by atoms with E-state index in [4.69, 9.17) is 0 Å². The van der Waals surface area contributed by atoms with Crippen LogP contribution in [0.25, 0.3) is 0 Å². The summed E-state index contributed by atoms with van der Waals surface area (Å²) in [6.07, 6.45) is 2.67. The van der Waals surface area contributed by atoms with Crippen LogP contribution in [0.5, 0.6) is 0 Å². The van der Waals surface area contributed by atoms with Crippen LogP contribution in [0.2, 0.25) is 0 Å². The van der Waals surface area contributed by atoms with Gasteiger partial charge in [-0.1, -0.05) is 6.07 Å². The third kappa shape index (κ3) is 6.13. The van der Waals surface area contributed by atoms with Gasteiger partial charge in [-0.05, 0) is 51.3 Å². The predicted molar refractivity (Wildman–Crippen MR) is 97.0 cm³/mol. The zero-order valence-electron chi connectivity index (χ0n) is 14.6. The van der Waals surface area contributed by atoms with E-state index in [1.54, 1.807) is 16.2 Å². The summed E-state index contributed by atoms with van der Waals surface area (Å²) in [6.45, 7) is 3.44. The standard InChI is InChI=1S/C17H28N4O2S/c1-20(2)9-5-8-18-16(22)14-6-3-10-21(13-14)17(23)19-12-15-7-4-11-24-15/h4,7,11,14H,3,5-6,8-10,12-13H2,1-2H3,(H,18,22)(H,19,23). The number of piperidine rings is 1. The van der Waals surface area contributed by atoms with Gasteiger partial charge in [0, 0.05) is 24.5 Å². The fraction of sp³-hybridized carbons (Fsp3) is 0.647. The average molecular weight is 353 g/mol. The molecule has 0 saturated carbocycles. The first-order valence-electron chi connectivity index (χ1n) is 8.54. The summed E-state index contributed by atoms with van der Waals surface area (Å²) in [7, 11) is 4.05. The number of hydrogen-bond acceptors (Lipinski definition) is 4. The number of likely N-dealkylation sites (tertiary alicyclic amines) is 1. The summed E-state index contributed by atoms with van der Waals surface area (Å²) < 4.78 is 0. The number of hydrogen-bond donors (Lipinski definition) is 2. The Morgan fingerprint density at radius 2 is 2.21 bits per heavy atom. The number of urea groups is 1. The highest BCUT2D eigenvalue weighted by atomic mass is 32.1. The molecule has 7 heteroatoms. The van der Waals surface area contributed by atoms with Crippen molar-refractivity contribution in [2.45, 2.75) is 25.8 Å². The smallest absolute Gasteiger partial charge is 0.317 e. The third-order valence-corrected chi connectivity index (χ3v) is 5.03. The van der Waals surface area contributed by atoms with Crippen LogP contribution in [0.4, 0.5) is 4.79 Å². The number of nitrogens with zero attached hydrogens (tertiary/aromatic N) is 2. The predicted octanol–water partition coefficient (Wildman–Crippen LogP) is 1.74. The van der Waals surface area contributed by atoms with Gasteiger partial charge in [0.2, 0.25) is 5.91 Å². The fourth-order valence-electron chi connectivity index (χ4n) is 2.81. The van der Waals surface area contributed by atoms with Gasteiger partial charge in [0.05, 0.1) is 12.5 Å². The summed E-state index contributed by atoms with van der Waals surface area (Å²) in [6, 6.07) is 3.91. The molecule has 1 unspecified atom stereocenters. The zero-order valence-corrected chi connectivity index (χ0v) is 15.4. The van der Waals surface area contributed by atoms with Crippen LogP contribution in [0.1, 0.15) is 24.1 Å². The number of thiophene rings is 1. The highest BCUT2D eigenvalue weighted by Gasteiger charge is 2.28. The minimum absolute atomic E-state index is 0.0736. The molecule has 1 aliphatic heterocycles. The minimum atomic E-state index is -0.0920. The van der Waals surface area contributed by atoms with E-state index in [-0.39, 0.29) is 17.9 Å². The molecule has 0 spiro atoms. The number of amides is 3. The molecule has 2 rings (SSSR count). The van der Waals surface area contributed by atoms with Crippen molar-refractivity contribution in [2.24, 2.45) is 5.92 Å². The first-order valence-corrected chi connectivity index (χ1v) is 9.42. The maximum atomic E-state index is 12.3. The quantitative estimate of drug-likeness (QED) is 0.735. The van der Waals surface area contributed by atoms with E-state index in [0.717, 1.165) is 37.2 Å². The Morgan fingerprint density at radius 1 is 1.38 bits per heavy atom. The van der Waals surface area contributed by atoms with Gasteiger partial charge < -0.3 is 20.4 Å². The summed E-state index contributed by atoms with van der Waals surface area (Å²) in [4.78, 5) is 29.6. The lowest BCUT2D eigenvalue weighted by Gasteiger charge is -2.32. The second-order valence-corrected chi connectivity index (χ2v) is 7.50. The van der Waals surface area contributed by atoms with E-state index in [0.29, 0.717) is 19.6 Å². The minimum Gasteiger partial charge on any atom is -0.356 e. The summed E-state index contributed by atoms with van der Waals surface area (Å²) in [5.74, 6) is -0.0184. The van der Waals surface area contributed by atoms with Gasteiger partial charge in [0.25, 0.3) is 0 Å². The molecular formula is C17H28N4O2S. The van der Waals surface area contributed by atoms with Crippen LogP contribution in [-0.2, 0) is 11.3 Å². The molecule has 0 aliphatic carbocycles. The molecule has 6 nitrogen and oxygen atoms in total. The van der Waals surface area contributed by atoms with Gasteiger partial charge in [-0.15, -0.1) is 11.3 Å². The van der Waals surface area contributed by atoms with Gasteiger partial charge in [-0.3, -0.25) is 4.79 Å². The van der Waals surface area contributed by atoms with Crippen LogP contribution >= 0.6 is 11.3 Å². The maximum Gasteiger partial charge on any atom is 0.317 e. The van der Waals surface area contributed by atoms with E-state index in [2.05, 4.69) is 15.5 Å². The van der Waals surface area contributed by atoms with Crippen molar-refractivity contribution < 1.29 is 9.59 Å². The molecule has 1 fully saturated rings. The lowest BCUT2D eigenvalue weighted by molar-refractivity contribution is -0.126. The summed E-state index contributed by atoms with van der Waals surface area (Å²) >= 11 is 1.63. The number of carbonyl (C=O) groups is 2. The van der Waals surface area contributed by atoms with Crippen LogP contribution in [0, 0.1) is 5.92 Å². The van der Waals surface area contributed by atoms with Crippen LogP contribution in [0.15, 0.2) is 17.5 Å². The third-order valence-electron chi connectivity index (χ3n) is 4.15. The molecule has 0 bridgehead atoms. The molecule has 1 aromatic heterocycles. The SMILES string of the molecule is CN(C)CCCNC(=O)C1CCCN(C(=O)NCc2cccs2)C1. The van der Waals surface area contributed by atoms with E-state index >= 15 is 0 Å². The largest absolute Gasteiger partial charge is 0.356 e. The van der Waals surface area contributed by atoms with Crippen molar-refractivity contribution in [1.29, 1.82) is 0 Å². The molecule has 134 valence electrons. The fourth-order valence-corrected chi connectivity index (χ4v) is 3.46. The average Bonchev–Trinajstić information content (AvgIpc) is 3.10. The topological polar surface area (TPSA) is 64.7 Å². The van der Waals surface area contributed by atoms with Crippen molar-refractivity contribution in [3.05, 3.63) is 22.4 Å². The second kappa shape index (κ2) is 9.64. The molecule has 1 aromatic rings. The molecule has 24 heavy (non-hydrogen) atoms. The lowest BCUT2D eigenvalue weighted by Crippen LogP contribution is -2.48. The van der Waals surface area contributed by atoms with E-state index in [1.165, 1.54) is 0 Å². The monoisotopic (exact) mass is 352 g/mol. The zero-order chi connectivity index (χ0) is 17.4. The van der Waals surface area contributed by atoms with Gasteiger partial charge in [0.1, 0.15) is 0 Å². The molecule has 1 atom stereocenters. The summed E-state index contributed by atoms with van der Waals surface area (Å²) in [5, 5.41) is 7.94. The first kappa shape index (κ1) is 18.7. The molecular weight excluding hydrogens is 324 g/mol. The lowest BCUT2D eigenvalue weighted by atomic mass is 9.97. The van der Waals surface area contributed by atoms with E-state index in [9.17, 15) is 9.59 Å². The van der Waals surface area contributed by atoms with E-state index < -0.39 is 0 Å². The number of nitrogens with one attached hydrogen (secondary N) is 2. The molecule has 2 N–H and O–H groups in total. The normalized spacial score (nSPS) is 17.8. The Hall–Kier alpha value is -1.60. The Morgan fingerprint density at radius 3 is 2.92 bits per heavy atom. The Labute approximate surface area is 148 Å². The van der Waals surface area contributed by atoms with Crippen molar-refractivity contribution in [3.8, 4) is 0 Å². The maximum absolute atomic E-state index is 12.3. The van der Waals surface area contributed by atoms with Crippen molar-refractivity contribution in [1.82, 2.24) is 20.4 Å². The molecule has 0 radical (unpaired) electrons. The van der Waals surface area contributed by atoms with Gasteiger partial charge in [-0.2, -0.15) is 0 Å². The molecule has 1 saturated heterocycles. The summed E-state index contributed by atoms with van der Waals surface area (Å²) in [5.41, 5.74) is 0. The van der Waals surface area contributed by atoms with Crippen molar-refractivity contribution in [2.75, 3.05) is 40.3 Å². The van der Waals surface area contributed by atoms with Gasteiger partial charge >= 0.3 is 6.03 Å². The van der Waals surface area contributed by atoms with E-state index in [1.807, 2.05) is 31.6 Å². The highest BCUT2D eigenvalue weighted by Crippen LogP contribution is 2.17. The van der Waals surface area contributed by atoms with Gasteiger partial charge in [-0.25, -0.2) is 4.79 Å². The first-order chi connectivity index (χ1) is 11.6. The molecule has 1 aliphatic rings. The molecule has 2 heterocycles. The number of carbonyl (C=O) groups excluding carboxylic acids is 2. The second-order valence-electron chi connectivity index (χ2n) is 6.47. The van der Waals surface area contributed by atoms with Crippen LogP contribution in [0.3, 0.4) is 0 Å². The Kier molecular flexibility index (Phi) is 7.52. The Balaban J connectivity index is 1.71. The Bertz CT molecular complexity index is 519. The van der Waals surface area contributed by atoms with Crippen LogP contribution in [-0.4, -0.2) is 62.0 Å². The highest BCUT2D eigenvalue weighted by molar-refractivity contribution is 7.09. The molecule has 0 aromatic carbocycles. The van der Waals surface area contributed by atoms with Crippen LogP contribution < -0.4 is 10.6 Å². The molecule has 3 amide bonds.